The highest BCUT2D eigenvalue weighted by molar-refractivity contribution is 7.87. The number of ether oxygens (including phenoxy) is 23. The number of hydrogen-bond acceptors (Lipinski definition) is 46. The van der Waals surface area contributed by atoms with Gasteiger partial charge in [-0.1, -0.05) is 52.6 Å². The van der Waals surface area contributed by atoms with E-state index in [1.54, 1.807) is 48.5 Å². The van der Waals surface area contributed by atoms with Crippen molar-refractivity contribution in [3.63, 3.8) is 0 Å². The molecule has 47 heteroatoms. The van der Waals surface area contributed by atoms with Crippen LogP contribution in [-0.4, -0.2) is 295 Å². The molecule has 8 aliphatic carbocycles. The average Bonchev–Trinajstić information content (AvgIpc) is 1.55. The maximum Gasteiger partial charge on any atom is 0.508 e. The molecule has 0 aromatic heterocycles. The summed E-state index contributed by atoms with van der Waals surface area (Å²) in [6.45, 7) is 44.5. The van der Waals surface area contributed by atoms with Gasteiger partial charge in [-0.3, -0.25) is 42.5 Å². The summed E-state index contributed by atoms with van der Waals surface area (Å²) < 4.78 is 147. The first kappa shape index (κ1) is 114. The third kappa shape index (κ3) is 25.0. The van der Waals surface area contributed by atoms with Crippen molar-refractivity contribution in [3.05, 3.63) is 97.2 Å². The SMILES string of the molecule is C=C(C)C(=O)OC(C)C(=O)OC1C2CC3C(O2)C1OS3(=O)=O.C=C(C)C(=O)OC1(C)CC(=O)OC1C.C=C(C)C(=O)OC12CC3CC(C1)OC(=O)C(C3)C2.C=C(C)C(=O)OC1C2CC3C1OC(=O)C3C2C(=O)OC.C=C(C)C(=O)OC1CC2OC1C1COC(=O)C21.C=C(C)C(=O)OCC(=O)OC1C2CC3C1OC(=O)C3C2C(=O)OC.C=C(C)C(=O)OCC(=O)OC1C2CC3CC(C2)C(=O)OC1C3.C=C(C)C(=O)OCC1COC(=O)O1. The molecule has 0 aromatic carbocycles. The van der Waals surface area contributed by atoms with Gasteiger partial charge in [-0.15, -0.1) is 0 Å². The number of carbonyl (C=O) groups excluding carboxylic acids is 20. The summed E-state index contributed by atoms with van der Waals surface area (Å²) in [6.07, 6.45) is 0.225. The van der Waals surface area contributed by atoms with Crippen molar-refractivity contribution in [2.75, 3.05) is 47.3 Å². The van der Waals surface area contributed by atoms with Crippen LogP contribution in [0.5, 0.6) is 0 Å². The Morgan fingerprint density at radius 2 is 0.940 bits per heavy atom. The van der Waals surface area contributed by atoms with Crippen LogP contribution in [0.15, 0.2) is 97.2 Å². The summed E-state index contributed by atoms with van der Waals surface area (Å²) in [5.74, 6) is -11.1. The quantitative estimate of drug-likeness (QED) is 0.0453. The van der Waals surface area contributed by atoms with Crippen LogP contribution in [0.2, 0.25) is 0 Å². The molecule has 16 bridgehead atoms. The number of hydrogen-bond donors (Lipinski definition) is 0. The summed E-state index contributed by atoms with van der Waals surface area (Å²) in [5, 5.41) is -0.684. The number of methoxy groups -OCH3 is 2. The fourth-order valence-corrected chi connectivity index (χ4v) is 25.0. The second kappa shape index (κ2) is 46.4. The minimum atomic E-state index is -3.66. The molecule has 150 heavy (non-hydrogen) atoms. The molecular weight excluding hydrogens is 2010 g/mol. The Morgan fingerprint density at radius 3 is 1.47 bits per heavy atom. The van der Waals surface area contributed by atoms with Crippen LogP contribution in [0.3, 0.4) is 0 Å². The van der Waals surface area contributed by atoms with Crippen LogP contribution >= 0.6 is 0 Å². The standard InChI is InChI=1S/C16H18O8.C16H20O6.C14H16O6.C14H18O4.C13H16O8S.C12H14O5.C10H14O4.C8H10O5/c1-6(2)14(18)22-5-9(17)23-12-7-4-8-11(10(7)15(19)21-3)16(20)24-13(8)12;1-8(2)15(18)20-7-13(17)22-14-10-3-9-4-11(6-10)16(19)21-12(14)5-9;1-5(2)12(15)19-10-6-4-7-9(8(6)13(16)18-3)14(17)20-11(7)10;1-8(2)12(15)18-14-5-9-3-10(6-14)13(16)17-11(4-9)7-14;1-5(2)12(14)18-6(3)13(15)20-9-7-4-8-10(19-7)11(9)21-22(8,16)17;1-5(2)11(13)17-8-3-7-9-6(10(8)16-7)4-15-12(9)14;1-6(2)9(12)14-10(4)5-8(11)13-7(10)3;1-5(2)7(9)11-3-6-4-12-8(10)13-6/h7-8,10-13H,1,4-5H2,2-3H3;9-12,14H,1,3-7H2,2H3;6-11H,1,4H2,2-3H3;9-11H,1,3-7H2,2H3;6-11H,1,4H2,2-3H3;6-10H,1,3-4H2,2H3;7H,1,5H2,2-4H3;6H,1,3-4H2,2H3. The Labute approximate surface area is 862 Å². The van der Waals surface area contributed by atoms with Gasteiger partial charge in [0.25, 0.3) is 10.1 Å². The van der Waals surface area contributed by atoms with E-state index in [4.69, 9.17) is 104 Å². The van der Waals surface area contributed by atoms with Crippen LogP contribution in [0.1, 0.15) is 166 Å². The molecule has 0 amide bonds. The van der Waals surface area contributed by atoms with Crippen molar-refractivity contribution in [2.24, 2.45) is 88.8 Å². The molecule has 35 unspecified atom stereocenters. The fourth-order valence-electron chi connectivity index (χ4n) is 23.3. The lowest BCUT2D eigenvalue weighted by molar-refractivity contribution is -0.177. The largest absolute Gasteiger partial charge is 0.508 e. The molecule has 0 radical (unpaired) electrons. The molecule has 0 spiro atoms. The van der Waals surface area contributed by atoms with Crippen LogP contribution in [0.4, 0.5) is 4.79 Å². The second-order valence-corrected chi connectivity index (χ2v) is 43.5. The molecule has 820 valence electrons. The monoisotopic (exact) mass is 2130 g/mol. The average molecular weight is 2130 g/mol. The lowest BCUT2D eigenvalue weighted by atomic mass is 9.65. The maximum atomic E-state index is 12.0. The first-order valence-corrected chi connectivity index (χ1v) is 50.8. The van der Waals surface area contributed by atoms with E-state index in [1.807, 2.05) is 0 Å². The first-order valence-electron chi connectivity index (χ1n) is 49.3. The Kier molecular flexibility index (Phi) is 35.3. The third-order valence-corrected chi connectivity index (χ3v) is 31.9. The van der Waals surface area contributed by atoms with Gasteiger partial charge in [-0.05, 0) is 152 Å². The minimum absolute atomic E-state index is 0.0113. The minimum Gasteiger partial charge on any atom is -0.469 e. The van der Waals surface area contributed by atoms with E-state index in [2.05, 4.69) is 62.1 Å². The molecule has 22 aliphatic rings. The lowest BCUT2D eigenvalue weighted by Gasteiger charge is -2.45. The summed E-state index contributed by atoms with van der Waals surface area (Å²) >= 11 is 0. The van der Waals surface area contributed by atoms with Crippen LogP contribution in [0, 0.1) is 88.8 Å². The zero-order valence-electron chi connectivity index (χ0n) is 85.3. The predicted molar refractivity (Wildman–Crippen MR) is 498 cm³/mol. The van der Waals surface area contributed by atoms with Gasteiger partial charge < -0.3 is 109 Å². The Morgan fingerprint density at radius 1 is 0.420 bits per heavy atom. The number of fused-ring (bicyclic) bond motifs is 10. The zero-order valence-corrected chi connectivity index (χ0v) is 86.1. The zero-order chi connectivity index (χ0) is 110. The van der Waals surface area contributed by atoms with E-state index in [9.17, 15) is 104 Å². The molecule has 35 atom stereocenters. The molecule has 22 fully saturated rings. The van der Waals surface area contributed by atoms with Crippen molar-refractivity contribution in [1.29, 1.82) is 0 Å². The van der Waals surface area contributed by atoms with Crippen molar-refractivity contribution in [1.82, 2.24) is 0 Å². The van der Waals surface area contributed by atoms with E-state index in [0.717, 1.165) is 44.9 Å². The molecule has 22 rings (SSSR count). The Bertz CT molecular complexity index is 5660. The van der Waals surface area contributed by atoms with E-state index < -0.39 is 220 Å². The topological polar surface area (TPSA) is 597 Å². The van der Waals surface area contributed by atoms with Gasteiger partial charge in [-0.25, -0.2) is 57.5 Å². The van der Waals surface area contributed by atoms with Crippen LogP contribution in [0.25, 0.3) is 0 Å². The predicted octanol–water partition coefficient (Wildman–Crippen LogP) is 5.76. The number of carbonyl (C=O) groups is 20. The van der Waals surface area contributed by atoms with E-state index in [1.165, 1.54) is 41.9 Å². The number of cyclic esters (lactones) is 4. The van der Waals surface area contributed by atoms with Crippen molar-refractivity contribution in [2.45, 2.75) is 286 Å². The molecule has 0 aromatic rings. The molecule has 14 heterocycles. The van der Waals surface area contributed by atoms with E-state index in [0.29, 0.717) is 72.8 Å². The van der Waals surface area contributed by atoms with Crippen LogP contribution < -0.4 is 0 Å². The van der Waals surface area contributed by atoms with Crippen molar-refractivity contribution < 1.29 is 217 Å². The molecular formula is C103H126O46S. The van der Waals surface area contributed by atoms with Gasteiger partial charge in [0, 0.05) is 99.4 Å². The van der Waals surface area contributed by atoms with E-state index >= 15 is 0 Å². The number of rotatable bonds is 25. The maximum absolute atomic E-state index is 12.0. The van der Waals surface area contributed by atoms with Crippen molar-refractivity contribution in [3.8, 4) is 0 Å². The van der Waals surface area contributed by atoms with Gasteiger partial charge in [0.05, 0.1) is 80.9 Å². The highest BCUT2D eigenvalue weighted by Gasteiger charge is 2.73. The Balaban J connectivity index is 0.000000144. The summed E-state index contributed by atoms with van der Waals surface area (Å²) in [6, 6.07) is 0. The molecule has 14 aliphatic heterocycles. The Hall–Kier alpha value is -13.0. The van der Waals surface area contributed by atoms with Crippen LogP contribution in [-0.2, 0) is 214 Å². The van der Waals surface area contributed by atoms with E-state index in [-0.39, 0.29) is 168 Å². The first-order chi connectivity index (χ1) is 70.4. The molecule has 8 saturated carbocycles. The highest BCUT2D eigenvalue weighted by Crippen LogP contribution is 2.62. The highest BCUT2D eigenvalue weighted by atomic mass is 32.2. The normalized spacial score (nSPS) is 36.3. The van der Waals surface area contributed by atoms with Crippen molar-refractivity contribution >= 4 is 130 Å². The smallest absolute Gasteiger partial charge is 0.469 e. The summed E-state index contributed by atoms with van der Waals surface area (Å²) in [5.41, 5.74) is 0.919. The number of esters is 19. The summed E-state index contributed by atoms with van der Waals surface area (Å²) in [4.78, 5) is 231. The fraction of sp³-hybridized carbons (Fsp3) is 0.650. The molecule has 46 nitrogen and oxygen atoms in total. The molecule has 0 N–H and O–H groups in total. The van der Waals surface area contributed by atoms with Gasteiger partial charge >= 0.3 is 120 Å². The summed E-state index contributed by atoms with van der Waals surface area (Å²) in [7, 11) is -1.12. The third-order valence-electron chi connectivity index (χ3n) is 30.2. The van der Waals surface area contributed by atoms with Gasteiger partial charge in [0.15, 0.2) is 37.1 Å². The molecule has 14 saturated heterocycles. The van der Waals surface area contributed by atoms with Gasteiger partial charge in [0.1, 0.15) is 97.3 Å². The second-order valence-electron chi connectivity index (χ2n) is 41.7. The van der Waals surface area contributed by atoms with Gasteiger partial charge in [0.2, 0.25) is 0 Å². The lowest BCUT2D eigenvalue weighted by Crippen LogP contribution is -2.48. The van der Waals surface area contributed by atoms with Gasteiger partial charge in [-0.2, -0.15) is 8.42 Å².